The summed E-state index contributed by atoms with van der Waals surface area (Å²) in [6.07, 6.45) is 3.33. The number of pyridine rings is 2. The molecule has 0 aliphatic carbocycles. The van der Waals surface area contributed by atoms with Gasteiger partial charge in [-0.2, -0.15) is 13.8 Å². The number of halogens is 3. The number of rotatable bonds is 3. The molecule has 3 heterocycles. The third-order valence-electron chi connectivity index (χ3n) is 4.10. The number of hydrogen-bond donors (Lipinski definition) is 1. The van der Waals surface area contributed by atoms with Crippen LogP contribution in [0.2, 0.25) is 0 Å². The largest absolute Gasteiger partial charge is 0.392 e. The van der Waals surface area contributed by atoms with Crippen molar-refractivity contribution in [2.75, 3.05) is 0 Å². The van der Waals surface area contributed by atoms with Crippen molar-refractivity contribution in [2.24, 2.45) is 0 Å². The zero-order valence-corrected chi connectivity index (χ0v) is 13.3. The molecule has 1 aromatic carbocycles. The lowest BCUT2D eigenvalue weighted by atomic mass is 10.0. The highest BCUT2D eigenvalue weighted by atomic mass is 19.1. The van der Waals surface area contributed by atoms with Crippen molar-refractivity contribution in [2.45, 2.75) is 6.61 Å². The fraction of sp³-hybridized carbons (Fsp3) is 0.0526. The predicted molar refractivity (Wildman–Crippen MR) is 89.7 cm³/mol. The lowest BCUT2D eigenvalue weighted by Crippen LogP contribution is -1.95. The van der Waals surface area contributed by atoms with Gasteiger partial charge < -0.3 is 9.51 Å². The standard InChI is InChI=1S/C19H12F3N3O/c20-15-3-1-2-13(14(15)10-26)11-4-5-19-23-16(9-25(19)8-11)12-6-17(21)24-18(22)7-12/h1-9,26H,10H2. The highest BCUT2D eigenvalue weighted by Gasteiger charge is 2.12. The summed E-state index contributed by atoms with van der Waals surface area (Å²) in [5.41, 5.74) is 2.64. The van der Waals surface area contributed by atoms with Crippen LogP contribution < -0.4 is 0 Å². The van der Waals surface area contributed by atoms with Crippen molar-refractivity contribution < 1.29 is 18.3 Å². The Labute approximate surface area is 146 Å². The molecular weight excluding hydrogens is 343 g/mol. The molecule has 0 radical (unpaired) electrons. The molecule has 0 unspecified atom stereocenters. The van der Waals surface area contributed by atoms with Crippen LogP contribution in [0.3, 0.4) is 0 Å². The molecule has 7 heteroatoms. The van der Waals surface area contributed by atoms with E-state index in [2.05, 4.69) is 9.97 Å². The molecule has 0 saturated heterocycles. The van der Waals surface area contributed by atoms with Gasteiger partial charge in [0.2, 0.25) is 11.9 Å². The van der Waals surface area contributed by atoms with Crippen molar-refractivity contribution in [3.8, 4) is 22.4 Å². The quantitative estimate of drug-likeness (QED) is 0.566. The second-order valence-electron chi connectivity index (χ2n) is 5.73. The van der Waals surface area contributed by atoms with Gasteiger partial charge in [0.25, 0.3) is 0 Å². The Morgan fingerprint density at radius 2 is 1.65 bits per heavy atom. The summed E-state index contributed by atoms with van der Waals surface area (Å²) in [5.74, 6) is -2.34. The second kappa shape index (κ2) is 6.27. The van der Waals surface area contributed by atoms with Gasteiger partial charge in [0.15, 0.2) is 0 Å². The van der Waals surface area contributed by atoms with Crippen LogP contribution >= 0.6 is 0 Å². The summed E-state index contributed by atoms with van der Waals surface area (Å²) in [7, 11) is 0. The van der Waals surface area contributed by atoms with E-state index in [-0.39, 0.29) is 11.1 Å². The van der Waals surface area contributed by atoms with Gasteiger partial charge in [-0.25, -0.2) is 9.37 Å². The van der Waals surface area contributed by atoms with Crippen LogP contribution in [0.4, 0.5) is 13.2 Å². The minimum absolute atomic E-state index is 0.200. The number of fused-ring (bicyclic) bond motifs is 1. The number of hydrogen-bond acceptors (Lipinski definition) is 3. The van der Waals surface area contributed by atoms with E-state index >= 15 is 0 Å². The van der Waals surface area contributed by atoms with E-state index in [1.165, 1.54) is 6.07 Å². The maximum atomic E-state index is 13.9. The van der Waals surface area contributed by atoms with Crippen LogP contribution in [0, 0.1) is 17.7 Å². The molecule has 0 bridgehead atoms. The van der Waals surface area contributed by atoms with Gasteiger partial charge in [-0.3, -0.25) is 0 Å². The molecule has 0 saturated carbocycles. The van der Waals surface area contributed by atoms with Gasteiger partial charge in [-0.1, -0.05) is 12.1 Å². The van der Waals surface area contributed by atoms with Gasteiger partial charge in [0, 0.05) is 35.7 Å². The van der Waals surface area contributed by atoms with Gasteiger partial charge in [-0.05, 0) is 29.3 Å². The fourth-order valence-corrected chi connectivity index (χ4v) is 2.89. The zero-order chi connectivity index (χ0) is 18.3. The lowest BCUT2D eigenvalue weighted by molar-refractivity contribution is 0.276. The average molecular weight is 355 g/mol. The van der Waals surface area contributed by atoms with Gasteiger partial charge >= 0.3 is 0 Å². The van der Waals surface area contributed by atoms with Gasteiger partial charge in [0.1, 0.15) is 11.5 Å². The van der Waals surface area contributed by atoms with Crippen LogP contribution in [0.1, 0.15) is 5.56 Å². The minimum atomic E-state index is -0.926. The van der Waals surface area contributed by atoms with E-state index in [0.29, 0.717) is 22.5 Å². The zero-order valence-electron chi connectivity index (χ0n) is 13.3. The van der Waals surface area contributed by atoms with Crippen molar-refractivity contribution in [3.63, 3.8) is 0 Å². The molecule has 4 rings (SSSR count). The number of aromatic nitrogens is 3. The topological polar surface area (TPSA) is 50.4 Å². The van der Waals surface area contributed by atoms with Crippen LogP contribution in [0.15, 0.2) is 54.9 Å². The first-order valence-corrected chi connectivity index (χ1v) is 7.76. The van der Waals surface area contributed by atoms with Gasteiger partial charge in [0.05, 0.1) is 12.3 Å². The molecule has 26 heavy (non-hydrogen) atoms. The molecular formula is C19H12F3N3O. The summed E-state index contributed by atoms with van der Waals surface area (Å²) >= 11 is 0. The molecule has 4 aromatic rings. The SMILES string of the molecule is OCc1c(F)cccc1-c1ccc2nc(-c3cc(F)nc(F)c3)cn2c1. The maximum Gasteiger partial charge on any atom is 0.216 e. The Morgan fingerprint density at radius 3 is 2.38 bits per heavy atom. The fourth-order valence-electron chi connectivity index (χ4n) is 2.89. The molecule has 130 valence electrons. The summed E-state index contributed by atoms with van der Waals surface area (Å²) in [6.45, 7) is -0.426. The molecule has 0 aliphatic heterocycles. The van der Waals surface area contributed by atoms with Crippen molar-refractivity contribution in [3.05, 3.63) is 78.1 Å². The van der Waals surface area contributed by atoms with E-state index in [1.54, 1.807) is 41.1 Å². The van der Waals surface area contributed by atoms with E-state index in [1.807, 2.05) is 0 Å². The highest BCUT2D eigenvalue weighted by molar-refractivity contribution is 5.70. The second-order valence-corrected chi connectivity index (χ2v) is 5.73. The summed E-state index contributed by atoms with van der Waals surface area (Å²) in [6, 6.07) is 10.2. The molecule has 0 fully saturated rings. The third-order valence-corrected chi connectivity index (χ3v) is 4.10. The number of aliphatic hydroxyl groups is 1. The Hall–Kier alpha value is -3.19. The normalized spacial score (nSPS) is 11.2. The van der Waals surface area contributed by atoms with E-state index < -0.39 is 24.3 Å². The molecule has 0 aliphatic rings. The number of nitrogens with zero attached hydrogens (tertiary/aromatic N) is 3. The Balaban J connectivity index is 1.83. The summed E-state index contributed by atoms with van der Waals surface area (Å²) in [5, 5.41) is 9.44. The molecule has 1 N–H and O–H groups in total. The number of imidazole rings is 1. The Morgan fingerprint density at radius 1 is 0.885 bits per heavy atom. The molecule has 3 aromatic heterocycles. The smallest absolute Gasteiger partial charge is 0.216 e. The summed E-state index contributed by atoms with van der Waals surface area (Å²) in [4.78, 5) is 7.41. The predicted octanol–water partition coefficient (Wildman–Crippen LogP) is 3.97. The van der Waals surface area contributed by atoms with Crippen LogP contribution in [-0.2, 0) is 6.61 Å². The third kappa shape index (κ3) is 2.82. The first kappa shape index (κ1) is 16.3. The number of benzene rings is 1. The Kier molecular flexibility index (Phi) is 3.93. The lowest BCUT2D eigenvalue weighted by Gasteiger charge is -2.09. The minimum Gasteiger partial charge on any atom is -0.392 e. The van der Waals surface area contributed by atoms with Crippen LogP contribution in [0.25, 0.3) is 28.0 Å². The van der Waals surface area contributed by atoms with Crippen LogP contribution in [0.5, 0.6) is 0 Å². The number of aliphatic hydroxyl groups excluding tert-OH is 1. The van der Waals surface area contributed by atoms with Crippen molar-refractivity contribution in [1.29, 1.82) is 0 Å². The molecule has 4 nitrogen and oxygen atoms in total. The first-order valence-electron chi connectivity index (χ1n) is 7.76. The average Bonchev–Trinajstić information content (AvgIpc) is 3.04. The molecule has 0 atom stereocenters. The van der Waals surface area contributed by atoms with E-state index in [9.17, 15) is 18.3 Å². The first-order chi connectivity index (χ1) is 12.5. The maximum absolute atomic E-state index is 13.9. The molecule has 0 amide bonds. The van der Waals surface area contributed by atoms with E-state index in [0.717, 1.165) is 12.1 Å². The molecule has 0 spiro atoms. The van der Waals surface area contributed by atoms with E-state index in [4.69, 9.17) is 0 Å². The van der Waals surface area contributed by atoms with Gasteiger partial charge in [-0.15, -0.1) is 0 Å². The van der Waals surface area contributed by atoms with Crippen LogP contribution in [-0.4, -0.2) is 19.5 Å². The monoisotopic (exact) mass is 355 g/mol. The van der Waals surface area contributed by atoms with Crippen molar-refractivity contribution >= 4 is 5.65 Å². The van der Waals surface area contributed by atoms with Crippen molar-refractivity contribution in [1.82, 2.24) is 14.4 Å². The highest BCUT2D eigenvalue weighted by Crippen LogP contribution is 2.27. The summed E-state index contributed by atoms with van der Waals surface area (Å²) < 4.78 is 42.2. The Bertz CT molecular complexity index is 1100.